The molecule has 26 heavy (non-hydrogen) atoms. The van der Waals surface area contributed by atoms with Crippen LogP contribution in [-0.4, -0.2) is 0 Å². The van der Waals surface area contributed by atoms with E-state index in [1.807, 2.05) is 0 Å². The summed E-state index contributed by atoms with van der Waals surface area (Å²) >= 11 is 0. The van der Waals surface area contributed by atoms with Crippen LogP contribution < -0.4 is 0 Å². The van der Waals surface area contributed by atoms with E-state index < -0.39 is 0 Å². The van der Waals surface area contributed by atoms with Crippen molar-refractivity contribution in [1.82, 2.24) is 0 Å². The number of rotatable bonds is 5. The summed E-state index contributed by atoms with van der Waals surface area (Å²) in [5.74, 6) is 1.46. The molecule has 142 valence electrons. The minimum absolute atomic E-state index is 0.722. The van der Waals surface area contributed by atoms with E-state index in [0.29, 0.717) is 0 Å². The number of aryl methyl sites for hydroxylation is 2. The highest BCUT2D eigenvalue weighted by Crippen LogP contribution is 2.27. The van der Waals surface area contributed by atoms with Gasteiger partial charge in [-0.15, -0.1) is 0 Å². The summed E-state index contributed by atoms with van der Waals surface area (Å²) in [7, 11) is 0. The maximum absolute atomic E-state index is 2.31. The van der Waals surface area contributed by atoms with Gasteiger partial charge in [0.05, 0.1) is 0 Å². The minimum atomic E-state index is 0.722. The fourth-order valence-corrected chi connectivity index (χ4v) is 3.67. The van der Waals surface area contributed by atoms with Gasteiger partial charge < -0.3 is 0 Å². The normalized spacial score (nSPS) is 11.6. The largest absolute Gasteiger partial charge is 0.0726 e. The Bertz CT molecular complexity index is 699. The first-order valence-electron chi connectivity index (χ1n) is 10.1. The van der Waals surface area contributed by atoms with E-state index in [9.17, 15) is 0 Å². The Morgan fingerprint density at radius 3 is 1.85 bits per heavy atom. The maximum atomic E-state index is 2.31. The van der Waals surface area contributed by atoms with Crippen LogP contribution >= 0.6 is 0 Å². The van der Waals surface area contributed by atoms with E-state index in [0.717, 1.165) is 18.3 Å². The standard InChI is InChI=1S/C13H20.C13H18/c2*1-5-13(10(2)3)12-8-6-7-11(4)9-12/h6-10,13H,5H2,1-4H3;6-9H,5H2,1-4H3. The van der Waals surface area contributed by atoms with Gasteiger partial charge in [0.2, 0.25) is 0 Å². The summed E-state index contributed by atoms with van der Waals surface area (Å²) < 4.78 is 0. The highest BCUT2D eigenvalue weighted by atomic mass is 14.2. The lowest BCUT2D eigenvalue weighted by Gasteiger charge is -2.19. The second kappa shape index (κ2) is 11.0. The quantitative estimate of drug-likeness (QED) is 0.508. The molecule has 0 N–H and O–H groups in total. The van der Waals surface area contributed by atoms with Crippen LogP contribution in [0.3, 0.4) is 0 Å². The van der Waals surface area contributed by atoms with Gasteiger partial charge in [0.15, 0.2) is 0 Å². The van der Waals surface area contributed by atoms with Crippen LogP contribution in [0.15, 0.2) is 54.1 Å². The maximum Gasteiger partial charge on any atom is -0.0141 e. The number of benzene rings is 2. The van der Waals surface area contributed by atoms with Crippen LogP contribution in [0.2, 0.25) is 0 Å². The third-order valence-corrected chi connectivity index (χ3v) is 5.04. The van der Waals surface area contributed by atoms with E-state index in [-0.39, 0.29) is 0 Å². The van der Waals surface area contributed by atoms with Crippen LogP contribution in [0, 0.1) is 19.8 Å². The SMILES string of the molecule is CCC(=C(C)C)c1cccc(C)c1.CCC(c1cccc(C)c1)C(C)C. The van der Waals surface area contributed by atoms with Crippen molar-refractivity contribution in [3.05, 3.63) is 76.4 Å². The highest BCUT2D eigenvalue weighted by Gasteiger charge is 2.12. The Morgan fingerprint density at radius 1 is 0.846 bits per heavy atom. The molecular weight excluding hydrogens is 312 g/mol. The van der Waals surface area contributed by atoms with E-state index in [2.05, 4.69) is 104 Å². The zero-order valence-corrected chi connectivity index (χ0v) is 18.2. The molecule has 1 atom stereocenters. The fraction of sp³-hybridized carbons (Fsp3) is 0.462. The summed E-state index contributed by atoms with van der Waals surface area (Å²) in [6, 6.07) is 17.6. The molecule has 0 aliphatic heterocycles. The Hall–Kier alpha value is -1.82. The number of hydrogen-bond acceptors (Lipinski definition) is 0. The van der Waals surface area contributed by atoms with Crippen molar-refractivity contribution in [2.24, 2.45) is 5.92 Å². The first kappa shape index (κ1) is 22.2. The van der Waals surface area contributed by atoms with Gasteiger partial charge in [-0.3, -0.25) is 0 Å². The average molecular weight is 351 g/mol. The molecule has 0 nitrogen and oxygen atoms in total. The van der Waals surface area contributed by atoms with Crippen LogP contribution in [0.1, 0.15) is 82.6 Å². The second-order valence-electron chi connectivity index (χ2n) is 7.87. The van der Waals surface area contributed by atoms with Gasteiger partial charge >= 0.3 is 0 Å². The number of allylic oxidation sites excluding steroid dienone is 2. The summed E-state index contributed by atoms with van der Waals surface area (Å²) in [5.41, 5.74) is 8.48. The third kappa shape index (κ3) is 6.83. The zero-order chi connectivity index (χ0) is 19.7. The molecule has 0 bridgehead atoms. The van der Waals surface area contributed by atoms with Crippen molar-refractivity contribution in [3.63, 3.8) is 0 Å². The molecule has 1 unspecified atom stereocenters. The van der Waals surface area contributed by atoms with Crippen molar-refractivity contribution in [1.29, 1.82) is 0 Å². The molecule has 0 fully saturated rings. The third-order valence-electron chi connectivity index (χ3n) is 5.04. The fourth-order valence-electron chi connectivity index (χ4n) is 3.67. The van der Waals surface area contributed by atoms with Crippen molar-refractivity contribution >= 4 is 5.57 Å². The van der Waals surface area contributed by atoms with Crippen LogP contribution in [-0.2, 0) is 0 Å². The molecular formula is C26H38. The summed E-state index contributed by atoms with van der Waals surface area (Å²) in [6.45, 7) is 17.8. The molecule has 0 saturated heterocycles. The van der Waals surface area contributed by atoms with E-state index >= 15 is 0 Å². The zero-order valence-electron chi connectivity index (χ0n) is 18.2. The van der Waals surface area contributed by atoms with Crippen LogP contribution in [0.25, 0.3) is 5.57 Å². The first-order chi connectivity index (χ1) is 12.3. The van der Waals surface area contributed by atoms with E-state index in [1.54, 1.807) is 0 Å². The Balaban J connectivity index is 0.000000260. The van der Waals surface area contributed by atoms with E-state index in [4.69, 9.17) is 0 Å². The van der Waals surface area contributed by atoms with Gasteiger partial charge in [0.1, 0.15) is 0 Å². The molecule has 2 rings (SSSR count). The topological polar surface area (TPSA) is 0 Å². The predicted molar refractivity (Wildman–Crippen MR) is 119 cm³/mol. The van der Waals surface area contributed by atoms with Gasteiger partial charge in [0, 0.05) is 0 Å². The van der Waals surface area contributed by atoms with Gasteiger partial charge in [-0.1, -0.05) is 92.9 Å². The Morgan fingerprint density at radius 2 is 1.42 bits per heavy atom. The molecule has 0 heterocycles. The highest BCUT2D eigenvalue weighted by molar-refractivity contribution is 5.68. The monoisotopic (exact) mass is 350 g/mol. The second-order valence-corrected chi connectivity index (χ2v) is 7.87. The van der Waals surface area contributed by atoms with Crippen molar-refractivity contribution in [2.75, 3.05) is 0 Å². The molecule has 0 saturated carbocycles. The van der Waals surface area contributed by atoms with Gasteiger partial charge in [-0.25, -0.2) is 0 Å². The smallest absolute Gasteiger partial charge is 0.0141 e. The predicted octanol–water partition coefficient (Wildman–Crippen LogP) is 8.34. The van der Waals surface area contributed by atoms with Crippen LogP contribution in [0.5, 0.6) is 0 Å². The number of hydrogen-bond donors (Lipinski definition) is 0. The molecule has 2 aromatic carbocycles. The lowest BCUT2D eigenvalue weighted by molar-refractivity contribution is 0.485. The molecule has 2 aromatic rings. The van der Waals surface area contributed by atoms with Gasteiger partial charge in [-0.2, -0.15) is 0 Å². The lowest BCUT2D eigenvalue weighted by atomic mass is 9.86. The summed E-state index contributed by atoms with van der Waals surface area (Å²) in [6.07, 6.45) is 2.35. The molecule has 0 aliphatic rings. The average Bonchev–Trinajstić information content (AvgIpc) is 2.56. The Kier molecular flexibility index (Phi) is 9.41. The molecule has 0 spiro atoms. The van der Waals surface area contributed by atoms with Crippen molar-refractivity contribution in [3.8, 4) is 0 Å². The molecule has 0 heteroatoms. The minimum Gasteiger partial charge on any atom is -0.0726 e. The van der Waals surface area contributed by atoms with Gasteiger partial charge in [-0.05, 0) is 69.1 Å². The molecule has 0 amide bonds. The van der Waals surface area contributed by atoms with Gasteiger partial charge in [0.25, 0.3) is 0 Å². The lowest BCUT2D eigenvalue weighted by Crippen LogP contribution is -2.05. The van der Waals surface area contributed by atoms with Crippen LogP contribution in [0.4, 0.5) is 0 Å². The van der Waals surface area contributed by atoms with Crippen molar-refractivity contribution in [2.45, 2.75) is 74.1 Å². The summed E-state index contributed by atoms with van der Waals surface area (Å²) in [5, 5.41) is 0. The molecule has 0 radical (unpaired) electrons. The first-order valence-corrected chi connectivity index (χ1v) is 10.1. The van der Waals surface area contributed by atoms with E-state index in [1.165, 1.54) is 39.8 Å². The molecule has 0 aromatic heterocycles. The van der Waals surface area contributed by atoms with Crippen molar-refractivity contribution < 1.29 is 0 Å². The summed E-state index contributed by atoms with van der Waals surface area (Å²) in [4.78, 5) is 0. The molecule has 0 aliphatic carbocycles. The Labute approximate surface area is 162 Å².